The molecule has 0 fully saturated rings. The maximum absolute atomic E-state index is 13.4. The molecule has 1 heterocycles. The summed E-state index contributed by atoms with van der Waals surface area (Å²) in [7, 11) is 1.86. The summed E-state index contributed by atoms with van der Waals surface area (Å²) in [5.74, 6) is -0.449. The molecule has 1 aromatic heterocycles. The number of benzene rings is 1. The molecule has 1 unspecified atom stereocenters. The zero-order chi connectivity index (χ0) is 14.2. The number of halogens is 3. The fourth-order valence-corrected chi connectivity index (χ4v) is 2.59. The molecule has 3 nitrogen and oxygen atoms in total. The first-order chi connectivity index (χ1) is 8.90. The Morgan fingerprint density at radius 2 is 2.21 bits per heavy atom. The van der Waals surface area contributed by atoms with E-state index >= 15 is 0 Å². The minimum Gasteiger partial charge on any atom is -0.324 e. The van der Waals surface area contributed by atoms with E-state index in [1.807, 2.05) is 14.0 Å². The maximum atomic E-state index is 13.4. The van der Waals surface area contributed by atoms with Crippen molar-refractivity contribution in [2.75, 3.05) is 0 Å². The molecular formula is C13H14BrClFN3. The van der Waals surface area contributed by atoms with Crippen molar-refractivity contribution >= 4 is 27.5 Å². The summed E-state index contributed by atoms with van der Waals surface area (Å²) in [6.07, 6.45) is 0.568. The summed E-state index contributed by atoms with van der Waals surface area (Å²) in [6, 6.07) is 4.34. The number of aryl methyl sites for hydroxylation is 2. The smallest absolute Gasteiger partial charge is 0.142 e. The minimum absolute atomic E-state index is 0.105. The number of hydrogen-bond acceptors (Lipinski definition) is 2. The Balaban J connectivity index is 2.25. The second-order valence-electron chi connectivity index (χ2n) is 4.45. The Morgan fingerprint density at radius 1 is 1.53 bits per heavy atom. The normalized spacial score (nSPS) is 12.7. The Morgan fingerprint density at radius 3 is 2.74 bits per heavy atom. The van der Waals surface area contributed by atoms with Crippen LogP contribution in [0, 0.1) is 12.7 Å². The van der Waals surface area contributed by atoms with Gasteiger partial charge in [0.2, 0.25) is 0 Å². The Labute approximate surface area is 124 Å². The van der Waals surface area contributed by atoms with Gasteiger partial charge in [-0.15, -0.1) is 0 Å². The molecule has 0 aliphatic heterocycles. The van der Waals surface area contributed by atoms with Crippen molar-refractivity contribution in [1.29, 1.82) is 0 Å². The van der Waals surface area contributed by atoms with Crippen LogP contribution in [-0.4, -0.2) is 9.78 Å². The van der Waals surface area contributed by atoms with E-state index in [0.29, 0.717) is 12.0 Å². The van der Waals surface area contributed by atoms with Gasteiger partial charge in [-0.1, -0.05) is 17.7 Å². The zero-order valence-electron chi connectivity index (χ0n) is 10.6. The van der Waals surface area contributed by atoms with Crippen LogP contribution in [0.15, 0.2) is 22.7 Å². The number of nitrogens with two attached hydrogens (primary N) is 1. The highest BCUT2D eigenvalue weighted by atomic mass is 79.9. The van der Waals surface area contributed by atoms with Crippen LogP contribution >= 0.6 is 27.5 Å². The molecule has 0 bridgehead atoms. The highest BCUT2D eigenvalue weighted by molar-refractivity contribution is 9.10. The molecule has 2 aromatic rings. The number of nitrogens with zero attached hydrogens (tertiary/aromatic N) is 2. The van der Waals surface area contributed by atoms with Gasteiger partial charge in [0.15, 0.2) is 0 Å². The quantitative estimate of drug-likeness (QED) is 0.924. The van der Waals surface area contributed by atoms with Crippen molar-refractivity contribution in [3.63, 3.8) is 0 Å². The van der Waals surface area contributed by atoms with E-state index in [1.165, 1.54) is 12.1 Å². The van der Waals surface area contributed by atoms with Crippen molar-refractivity contribution in [3.8, 4) is 0 Å². The van der Waals surface area contributed by atoms with Gasteiger partial charge in [-0.25, -0.2) is 4.39 Å². The summed E-state index contributed by atoms with van der Waals surface area (Å²) < 4.78 is 16.2. The van der Waals surface area contributed by atoms with E-state index in [9.17, 15) is 4.39 Å². The van der Waals surface area contributed by atoms with Gasteiger partial charge in [0.25, 0.3) is 0 Å². The van der Waals surface area contributed by atoms with E-state index in [4.69, 9.17) is 17.3 Å². The predicted molar refractivity (Wildman–Crippen MR) is 77.7 cm³/mol. The van der Waals surface area contributed by atoms with Gasteiger partial charge in [-0.05, 0) is 40.5 Å². The van der Waals surface area contributed by atoms with Crippen molar-refractivity contribution in [3.05, 3.63) is 50.5 Å². The van der Waals surface area contributed by atoms with E-state index in [0.717, 1.165) is 15.9 Å². The number of aromatic nitrogens is 2. The SMILES string of the molecule is Cc1nn(C)c(CC(N)c2ccc(Cl)c(F)c2)c1Br. The van der Waals surface area contributed by atoms with Crippen LogP contribution in [0.25, 0.3) is 0 Å². The van der Waals surface area contributed by atoms with Crippen LogP contribution in [-0.2, 0) is 13.5 Å². The lowest BCUT2D eigenvalue weighted by atomic mass is 10.0. The topological polar surface area (TPSA) is 43.8 Å². The first kappa shape index (κ1) is 14.5. The summed E-state index contributed by atoms with van der Waals surface area (Å²) in [5, 5.41) is 4.41. The molecule has 2 rings (SSSR count). The molecule has 19 heavy (non-hydrogen) atoms. The second-order valence-corrected chi connectivity index (χ2v) is 5.65. The van der Waals surface area contributed by atoms with Gasteiger partial charge >= 0.3 is 0 Å². The van der Waals surface area contributed by atoms with Crippen molar-refractivity contribution < 1.29 is 4.39 Å². The maximum Gasteiger partial charge on any atom is 0.142 e. The van der Waals surface area contributed by atoms with Crippen LogP contribution in [0.4, 0.5) is 4.39 Å². The van der Waals surface area contributed by atoms with E-state index in [2.05, 4.69) is 21.0 Å². The van der Waals surface area contributed by atoms with Crippen LogP contribution in [0.2, 0.25) is 5.02 Å². The highest BCUT2D eigenvalue weighted by Crippen LogP contribution is 2.26. The van der Waals surface area contributed by atoms with E-state index in [-0.39, 0.29) is 11.1 Å². The molecule has 0 saturated carbocycles. The third-order valence-electron chi connectivity index (χ3n) is 3.05. The number of hydrogen-bond donors (Lipinski definition) is 1. The first-order valence-corrected chi connectivity index (χ1v) is 6.95. The Kier molecular flexibility index (Phi) is 4.28. The molecule has 0 amide bonds. The molecule has 1 aromatic carbocycles. The first-order valence-electron chi connectivity index (χ1n) is 5.78. The molecule has 0 radical (unpaired) electrons. The van der Waals surface area contributed by atoms with Gasteiger partial charge in [-0.3, -0.25) is 4.68 Å². The van der Waals surface area contributed by atoms with Gasteiger partial charge in [0.05, 0.1) is 20.9 Å². The largest absolute Gasteiger partial charge is 0.324 e. The summed E-state index contributed by atoms with van der Waals surface area (Å²) in [4.78, 5) is 0. The van der Waals surface area contributed by atoms with Gasteiger partial charge < -0.3 is 5.73 Å². The predicted octanol–water partition coefficient (Wildman–Crippen LogP) is 3.53. The lowest BCUT2D eigenvalue weighted by molar-refractivity contribution is 0.610. The standard InChI is InChI=1S/C13H14BrClFN3/c1-7-13(14)12(19(2)18-7)6-11(17)8-3-4-9(15)10(16)5-8/h3-5,11H,6,17H2,1-2H3. The van der Waals surface area contributed by atoms with Gasteiger partial charge in [0, 0.05) is 19.5 Å². The molecule has 102 valence electrons. The summed E-state index contributed by atoms with van der Waals surface area (Å²) in [5.41, 5.74) is 8.73. The number of rotatable bonds is 3. The van der Waals surface area contributed by atoms with Crippen molar-refractivity contribution in [1.82, 2.24) is 9.78 Å². The molecular weight excluding hydrogens is 333 g/mol. The van der Waals surface area contributed by atoms with Crippen LogP contribution in [0.3, 0.4) is 0 Å². The van der Waals surface area contributed by atoms with Crippen molar-refractivity contribution in [2.24, 2.45) is 12.8 Å². The molecule has 0 spiro atoms. The highest BCUT2D eigenvalue weighted by Gasteiger charge is 2.16. The average Bonchev–Trinajstić information content (AvgIpc) is 2.59. The fraction of sp³-hybridized carbons (Fsp3) is 0.308. The molecule has 0 aliphatic rings. The summed E-state index contributed by atoms with van der Waals surface area (Å²) in [6.45, 7) is 1.92. The molecule has 6 heteroatoms. The lowest BCUT2D eigenvalue weighted by Gasteiger charge is -2.13. The molecule has 0 saturated heterocycles. The lowest BCUT2D eigenvalue weighted by Crippen LogP contribution is -2.16. The molecule has 0 aliphatic carbocycles. The zero-order valence-corrected chi connectivity index (χ0v) is 13.0. The van der Waals surface area contributed by atoms with Crippen LogP contribution in [0.1, 0.15) is 23.0 Å². The minimum atomic E-state index is -0.449. The third-order valence-corrected chi connectivity index (χ3v) is 4.38. The van der Waals surface area contributed by atoms with Gasteiger partial charge in [0.1, 0.15) is 5.82 Å². The van der Waals surface area contributed by atoms with Gasteiger partial charge in [-0.2, -0.15) is 5.10 Å². The Hall–Kier alpha value is -0.910. The van der Waals surface area contributed by atoms with E-state index in [1.54, 1.807) is 10.7 Å². The monoisotopic (exact) mass is 345 g/mol. The van der Waals surface area contributed by atoms with Crippen LogP contribution < -0.4 is 5.73 Å². The Bertz CT molecular complexity index is 612. The van der Waals surface area contributed by atoms with Crippen molar-refractivity contribution in [2.45, 2.75) is 19.4 Å². The molecule has 2 N–H and O–H groups in total. The fourth-order valence-electron chi connectivity index (χ4n) is 1.97. The van der Waals surface area contributed by atoms with Crippen LogP contribution in [0.5, 0.6) is 0 Å². The average molecular weight is 347 g/mol. The van der Waals surface area contributed by atoms with E-state index < -0.39 is 5.82 Å². The summed E-state index contributed by atoms with van der Waals surface area (Å²) >= 11 is 9.16. The third kappa shape index (κ3) is 2.99. The second kappa shape index (κ2) is 5.61. The molecule has 1 atom stereocenters.